The van der Waals surface area contributed by atoms with E-state index in [2.05, 4.69) is 0 Å². The van der Waals surface area contributed by atoms with E-state index in [-0.39, 0.29) is 11.6 Å². The van der Waals surface area contributed by atoms with Gasteiger partial charge in [0.05, 0.1) is 15.6 Å². The van der Waals surface area contributed by atoms with Crippen molar-refractivity contribution >= 4 is 34.7 Å². The molecule has 1 aromatic rings. The Morgan fingerprint density at radius 1 is 1.20 bits per heavy atom. The van der Waals surface area contributed by atoms with Gasteiger partial charge >= 0.3 is 6.18 Å². The lowest BCUT2D eigenvalue weighted by Gasteiger charge is -2.12. The van der Waals surface area contributed by atoms with Crippen LogP contribution in [0.2, 0.25) is 10.0 Å². The maximum Gasteiger partial charge on any atom is 0.419 e. The van der Waals surface area contributed by atoms with Crippen LogP contribution < -0.4 is 0 Å². The number of carbonyl (C=O) groups excluding carboxylic acids is 1. The van der Waals surface area contributed by atoms with Crippen LogP contribution in [0.15, 0.2) is 18.2 Å². The number of carbonyl (C=O) groups is 1. The van der Waals surface area contributed by atoms with E-state index in [1.807, 2.05) is 0 Å². The molecule has 0 unspecified atom stereocenters. The Balaban J connectivity index is 3.28. The minimum Gasteiger partial charge on any atom is -0.507 e. The summed E-state index contributed by atoms with van der Waals surface area (Å²) in [6, 6.07) is 1.34. The second kappa shape index (κ2) is 5.97. The van der Waals surface area contributed by atoms with Crippen LogP contribution in [0.4, 0.5) is 22.0 Å². The van der Waals surface area contributed by atoms with Crippen molar-refractivity contribution in [3.05, 3.63) is 39.4 Å². The van der Waals surface area contributed by atoms with Gasteiger partial charge in [0.1, 0.15) is 5.76 Å². The number of halogens is 7. The smallest absolute Gasteiger partial charge is 0.419 e. The SMILES string of the molecule is O=C(/C=C(\O)c1cc(Cl)c(C(F)(F)F)c(Cl)c1)C(F)F. The van der Waals surface area contributed by atoms with Crippen molar-refractivity contribution in [3.8, 4) is 0 Å². The highest BCUT2D eigenvalue weighted by Gasteiger charge is 2.36. The van der Waals surface area contributed by atoms with E-state index in [4.69, 9.17) is 23.2 Å². The van der Waals surface area contributed by atoms with Gasteiger partial charge in [-0.1, -0.05) is 23.2 Å². The molecule has 2 nitrogen and oxygen atoms in total. The highest BCUT2D eigenvalue weighted by atomic mass is 35.5. The summed E-state index contributed by atoms with van der Waals surface area (Å²) in [6.07, 6.45) is -7.98. The van der Waals surface area contributed by atoms with Crippen molar-refractivity contribution in [1.82, 2.24) is 0 Å². The van der Waals surface area contributed by atoms with Crippen molar-refractivity contribution < 1.29 is 31.9 Å². The fraction of sp³-hybridized carbons (Fsp3) is 0.182. The topological polar surface area (TPSA) is 37.3 Å². The van der Waals surface area contributed by atoms with Crippen LogP contribution >= 0.6 is 23.2 Å². The lowest BCUT2D eigenvalue weighted by atomic mass is 10.1. The summed E-state index contributed by atoms with van der Waals surface area (Å²) in [5.41, 5.74) is -1.71. The predicted molar refractivity (Wildman–Crippen MR) is 63.1 cm³/mol. The number of rotatable bonds is 3. The molecule has 20 heavy (non-hydrogen) atoms. The first-order chi connectivity index (χ1) is 9.04. The summed E-state index contributed by atoms with van der Waals surface area (Å²) >= 11 is 10.8. The molecule has 110 valence electrons. The van der Waals surface area contributed by atoms with Crippen LogP contribution in [0.25, 0.3) is 5.76 Å². The van der Waals surface area contributed by atoms with Crippen LogP contribution in [0.3, 0.4) is 0 Å². The molecule has 0 heterocycles. The normalized spacial score (nSPS) is 12.9. The number of benzene rings is 1. The summed E-state index contributed by atoms with van der Waals surface area (Å²) in [5.74, 6) is -2.66. The van der Waals surface area contributed by atoms with Crippen molar-refractivity contribution in [2.75, 3.05) is 0 Å². The highest BCUT2D eigenvalue weighted by molar-refractivity contribution is 6.36. The monoisotopic (exact) mass is 334 g/mol. The Bertz CT molecular complexity index is 543. The van der Waals surface area contributed by atoms with Crippen molar-refractivity contribution in [2.45, 2.75) is 12.6 Å². The first-order valence-electron chi connectivity index (χ1n) is 4.83. The Morgan fingerprint density at radius 2 is 1.65 bits per heavy atom. The zero-order valence-corrected chi connectivity index (χ0v) is 10.8. The molecule has 9 heteroatoms. The number of hydrogen-bond donors (Lipinski definition) is 1. The molecule has 0 aliphatic heterocycles. The number of aliphatic hydroxyl groups excluding tert-OH is 1. The zero-order chi connectivity index (χ0) is 15.7. The third kappa shape index (κ3) is 3.83. The molecule has 0 saturated heterocycles. The molecule has 0 radical (unpaired) electrons. The number of allylic oxidation sites excluding steroid dienone is 1. The maximum atomic E-state index is 12.6. The number of ketones is 1. The van der Waals surface area contributed by atoms with Crippen LogP contribution in [0.5, 0.6) is 0 Å². The molecule has 1 aromatic carbocycles. The molecule has 0 fully saturated rings. The van der Waals surface area contributed by atoms with Crippen LogP contribution in [-0.2, 0) is 11.0 Å². The predicted octanol–water partition coefficient (Wildman–Crippen LogP) is 4.75. The number of hydrogen-bond acceptors (Lipinski definition) is 2. The highest BCUT2D eigenvalue weighted by Crippen LogP contribution is 2.40. The van der Waals surface area contributed by atoms with Crippen LogP contribution in [-0.4, -0.2) is 17.3 Å². The number of aliphatic hydroxyl groups is 1. The van der Waals surface area contributed by atoms with Crippen LogP contribution in [0.1, 0.15) is 11.1 Å². The second-order valence-electron chi connectivity index (χ2n) is 3.55. The molecule has 0 saturated carbocycles. The van der Waals surface area contributed by atoms with E-state index in [0.29, 0.717) is 12.1 Å². The maximum absolute atomic E-state index is 12.6. The van der Waals surface area contributed by atoms with E-state index in [1.54, 1.807) is 0 Å². The van der Waals surface area contributed by atoms with Gasteiger partial charge in [-0.25, -0.2) is 8.78 Å². The molecule has 0 bridgehead atoms. The van der Waals surface area contributed by atoms with E-state index < -0.39 is 39.8 Å². The summed E-state index contributed by atoms with van der Waals surface area (Å²) in [5, 5.41) is 7.73. The van der Waals surface area contributed by atoms with E-state index in [1.165, 1.54) is 0 Å². The summed E-state index contributed by atoms with van der Waals surface area (Å²) in [6.45, 7) is 0. The molecule has 0 atom stereocenters. The molecule has 0 amide bonds. The Kier molecular flexibility index (Phi) is 4.99. The van der Waals surface area contributed by atoms with Gasteiger partial charge in [0.2, 0.25) is 5.78 Å². The van der Waals surface area contributed by atoms with Crippen molar-refractivity contribution in [1.29, 1.82) is 0 Å². The van der Waals surface area contributed by atoms with E-state index in [9.17, 15) is 31.9 Å². The Labute approximate surface area is 119 Å². The first-order valence-corrected chi connectivity index (χ1v) is 5.59. The quantitative estimate of drug-likeness (QED) is 0.492. The minimum absolute atomic E-state index is 0.180. The molecule has 0 aromatic heterocycles. The molecule has 1 rings (SSSR count). The van der Waals surface area contributed by atoms with E-state index in [0.717, 1.165) is 0 Å². The zero-order valence-electron chi connectivity index (χ0n) is 9.31. The molecule has 0 spiro atoms. The average Bonchev–Trinajstić information content (AvgIpc) is 2.25. The molecule has 0 aliphatic carbocycles. The first kappa shape index (κ1) is 16.7. The van der Waals surface area contributed by atoms with Gasteiger partial charge in [0.25, 0.3) is 6.43 Å². The Morgan fingerprint density at radius 3 is 2.00 bits per heavy atom. The molecular formula is C11H5Cl2F5O2. The molecule has 1 N–H and O–H groups in total. The van der Waals surface area contributed by atoms with Gasteiger partial charge < -0.3 is 5.11 Å². The lowest BCUT2D eigenvalue weighted by Crippen LogP contribution is -2.08. The van der Waals surface area contributed by atoms with Gasteiger partial charge in [-0.2, -0.15) is 13.2 Å². The molecular weight excluding hydrogens is 330 g/mol. The van der Waals surface area contributed by atoms with Crippen LogP contribution in [0, 0.1) is 0 Å². The standard InChI is InChI=1S/C11H5Cl2F5O2/c12-5-1-4(7(19)3-8(20)10(14)15)2-6(13)9(5)11(16,17)18/h1-3,10,19H/b7-3-. The van der Waals surface area contributed by atoms with Gasteiger partial charge in [0, 0.05) is 11.6 Å². The summed E-state index contributed by atoms with van der Waals surface area (Å²) in [7, 11) is 0. The third-order valence-corrected chi connectivity index (χ3v) is 2.71. The van der Waals surface area contributed by atoms with E-state index >= 15 is 0 Å². The molecule has 0 aliphatic rings. The second-order valence-corrected chi connectivity index (χ2v) is 4.36. The fourth-order valence-corrected chi connectivity index (χ4v) is 1.97. The van der Waals surface area contributed by atoms with Crippen molar-refractivity contribution in [2.24, 2.45) is 0 Å². The minimum atomic E-state index is -4.81. The van der Waals surface area contributed by atoms with Gasteiger partial charge in [-0.05, 0) is 12.1 Å². The van der Waals surface area contributed by atoms with Crippen molar-refractivity contribution in [3.63, 3.8) is 0 Å². The van der Waals surface area contributed by atoms with Gasteiger partial charge in [-0.15, -0.1) is 0 Å². The summed E-state index contributed by atoms with van der Waals surface area (Å²) in [4.78, 5) is 10.7. The Hall–Kier alpha value is -1.34. The number of alkyl halides is 5. The lowest BCUT2D eigenvalue weighted by molar-refractivity contribution is -0.137. The van der Waals surface area contributed by atoms with Gasteiger partial charge in [-0.3, -0.25) is 4.79 Å². The largest absolute Gasteiger partial charge is 0.507 e. The third-order valence-electron chi connectivity index (χ3n) is 2.12. The van der Waals surface area contributed by atoms with Gasteiger partial charge in [0.15, 0.2) is 0 Å². The summed E-state index contributed by atoms with van der Waals surface area (Å²) < 4.78 is 61.6. The average molecular weight is 335 g/mol. The fourth-order valence-electron chi connectivity index (χ4n) is 1.27.